The van der Waals surface area contributed by atoms with Crippen molar-refractivity contribution in [2.45, 2.75) is 65.3 Å². The molecular formula is C20H32N4O2S. The Morgan fingerprint density at radius 3 is 2.44 bits per heavy atom. The third-order valence-electron chi connectivity index (χ3n) is 6.09. The molecule has 1 unspecified atom stereocenters. The summed E-state index contributed by atoms with van der Waals surface area (Å²) in [5.41, 5.74) is 0.965. The molecule has 150 valence electrons. The lowest BCUT2D eigenvalue weighted by Crippen LogP contribution is -2.54. The molecule has 0 aromatic carbocycles. The molecule has 2 aliphatic rings. The molecule has 6 nitrogen and oxygen atoms in total. The van der Waals surface area contributed by atoms with E-state index in [9.17, 15) is 9.59 Å². The van der Waals surface area contributed by atoms with Gasteiger partial charge in [-0.15, -0.1) is 11.3 Å². The largest absolute Gasteiger partial charge is 0.340 e. The van der Waals surface area contributed by atoms with Crippen LogP contribution in [0.3, 0.4) is 0 Å². The van der Waals surface area contributed by atoms with Crippen molar-refractivity contribution >= 4 is 28.3 Å². The molecule has 1 saturated carbocycles. The summed E-state index contributed by atoms with van der Waals surface area (Å²) in [6.45, 7) is 8.83. The molecule has 1 aliphatic carbocycles. The Bertz CT molecular complexity index is 641. The number of carbonyl (C=O) groups excluding carboxylic acids is 2. The molecule has 1 N–H and O–H groups in total. The number of nitrogens with zero attached hydrogens (tertiary/aromatic N) is 3. The maximum Gasteiger partial charge on any atom is 0.243 e. The lowest BCUT2D eigenvalue weighted by atomic mass is 10.0. The van der Waals surface area contributed by atoms with Crippen LogP contribution in [-0.4, -0.2) is 58.8 Å². The van der Waals surface area contributed by atoms with Gasteiger partial charge in [0.05, 0.1) is 11.7 Å². The van der Waals surface area contributed by atoms with Gasteiger partial charge >= 0.3 is 0 Å². The van der Waals surface area contributed by atoms with Crippen molar-refractivity contribution < 1.29 is 9.59 Å². The van der Waals surface area contributed by atoms with Crippen molar-refractivity contribution in [3.8, 4) is 0 Å². The van der Waals surface area contributed by atoms with Gasteiger partial charge < -0.3 is 10.2 Å². The van der Waals surface area contributed by atoms with Gasteiger partial charge in [-0.1, -0.05) is 25.7 Å². The van der Waals surface area contributed by atoms with Crippen LogP contribution in [0.1, 0.15) is 56.0 Å². The second kappa shape index (κ2) is 9.15. The summed E-state index contributed by atoms with van der Waals surface area (Å²) in [7, 11) is 0. The van der Waals surface area contributed by atoms with Gasteiger partial charge in [-0.3, -0.25) is 14.5 Å². The van der Waals surface area contributed by atoms with E-state index in [-0.39, 0.29) is 17.9 Å². The van der Waals surface area contributed by atoms with Crippen LogP contribution >= 0.6 is 11.3 Å². The first-order valence-electron chi connectivity index (χ1n) is 10.2. The smallest absolute Gasteiger partial charge is 0.243 e. The number of anilines is 1. The highest BCUT2D eigenvalue weighted by Gasteiger charge is 2.28. The van der Waals surface area contributed by atoms with E-state index in [4.69, 9.17) is 0 Å². The number of aromatic nitrogens is 1. The Labute approximate surface area is 166 Å². The van der Waals surface area contributed by atoms with E-state index in [1.54, 1.807) is 0 Å². The molecule has 2 amide bonds. The van der Waals surface area contributed by atoms with E-state index in [1.165, 1.54) is 37.0 Å². The van der Waals surface area contributed by atoms with Crippen LogP contribution < -0.4 is 5.32 Å². The summed E-state index contributed by atoms with van der Waals surface area (Å²) in [4.78, 5) is 34.6. The van der Waals surface area contributed by atoms with Gasteiger partial charge in [-0.25, -0.2) is 4.98 Å². The first-order chi connectivity index (χ1) is 12.9. The first kappa shape index (κ1) is 20.3. The van der Waals surface area contributed by atoms with Crippen LogP contribution in [0.5, 0.6) is 0 Å². The second-order valence-corrected chi connectivity index (χ2v) is 9.13. The number of aryl methyl sites for hydroxylation is 2. The molecule has 2 heterocycles. The first-order valence-corrected chi connectivity index (χ1v) is 11.0. The molecule has 1 aromatic rings. The van der Waals surface area contributed by atoms with Gasteiger partial charge in [0, 0.05) is 37.5 Å². The highest BCUT2D eigenvalue weighted by atomic mass is 32.1. The van der Waals surface area contributed by atoms with Crippen LogP contribution in [0.25, 0.3) is 0 Å². The minimum Gasteiger partial charge on any atom is -0.340 e. The van der Waals surface area contributed by atoms with Crippen LogP contribution in [0.4, 0.5) is 5.13 Å². The molecule has 1 aromatic heterocycles. The summed E-state index contributed by atoms with van der Waals surface area (Å²) >= 11 is 1.51. The molecule has 0 radical (unpaired) electrons. The highest BCUT2D eigenvalue weighted by Crippen LogP contribution is 2.28. The van der Waals surface area contributed by atoms with E-state index in [0.717, 1.165) is 49.1 Å². The van der Waals surface area contributed by atoms with Gasteiger partial charge in [0.25, 0.3) is 0 Å². The molecule has 0 spiro atoms. The zero-order valence-electron chi connectivity index (χ0n) is 16.8. The van der Waals surface area contributed by atoms with Crippen LogP contribution in [0.2, 0.25) is 0 Å². The lowest BCUT2D eigenvalue weighted by molar-refractivity contribution is -0.134. The summed E-state index contributed by atoms with van der Waals surface area (Å²) in [5, 5.41) is 3.60. The number of nitrogens with one attached hydrogen (secondary N) is 1. The molecule has 1 atom stereocenters. The number of piperazine rings is 1. The van der Waals surface area contributed by atoms with Crippen molar-refractivity contribution in [3.63, 3.8) is 0 Å². The minimum atomic E-state index is -0.217. The summed E-state index contributed by atoms with van der Waals surface area (Å²) in [6, 6.07) is -0.217. The lowest BCUT2D eigenvalue weighted by Gasteiger charge is -2.37. The van der Waals surface area contributed by atoms with Crippen molar-refractivity contribution in [3.05, 3.63) is 10.6 Å². The molecule has 2 fully saturated rings. The molecule has 7 heteroatoms. The minimum absolute atomic E-state index is 0.0234. The SMILES string of the molecule is Cc1nc(NC(=O)C(C)N2CCN(C(=O)CCC3CCCC3)CC2)sc1C. The standard InChI is InChI=1S/C20H32N4O2S/c1-14-16(3)27-20(21-14)22-19(26)15(2)23-10-12-24(13-11-23)18(25)9-8-17-6-4-5-7-17/h15,17H,4-13H2,1-3H3,(H,21,22,26). The summed E-state index contributed by atoms with van der Waals surface area (Å²) in [6.07, 6.45) is 6.99. The Morgan fingerprint density at radius 2 is 1.85 bits per heavy atom. The van der Waals surface area contributed by atoms with E-state index in [1.807, 2.05) is 25.7 Å². The van der Waals surface area contributed by atoms with Gasteiger partial charge in [-0.2, -0.15) is 0 Å². The Balaban J connectivity index is 1.42. The Hall–Kier alpha value is -1.47. The fraction of sp³-hybridized carbons (Fsp3) is 0.750. The quantitative estimate of drug-likeness (QED) is 0.807. The molecule has 1 saturated heterocycles. The highest BCUT2D eigenvalue weighted by molar-refractivity contribution is 7.15. The Kier molecular flexibility index (Phi) is 6.87. The monoisotopic (exact) mass is 392 g/mol. The normalized spacial score (nSPS) is 20.0. The van der Waals surface area contributed by atoms with Crippen LogP contribution in [-0.2, 0) is 9.59 Å². The summed E-state index contributed by atoms with van der Waals surface area (Å²) in [5.74, 6) is 1.02. The number of hydrogen-bond acceptors (Lipinski definition) is 5. The van der Waals surface area contributed by atoms with Crippen molar-refractivity contribution in [2.75, 3.05) is 31.5 Å². The van der Waals surface area contributed by atoms with E-state index in [0.29, 0.717) is 11.6 Å². The third-order valence-corrected chi connectivity index (χ3v) is 7.08. The van der Waals surface area contributed by atoms with Gasteiger partial charge in [0.2, 0.25) is 11.8 Å². The topological polar surface area (TPSA) is 65.5 Å². The molecule has 3 rings (SSSR count). The molecule has 27 heavy (non-hydrogen) atoms. The van der Waals surface area contributed by atoms with Crippen molar-refractivity contribution in [2.24, 2.45) is 5.92 Å². The third kappa shape index (κ3) is 5.29. The average Bonchev–Trinajstić information content (AvgIpc) is 3.29. The van der Waals surface area contributed by atoms with E-state index < -0.39 is 0 Å². The van der Waals surface area contributed by atoms with Crippen molar-refractivity contribution in [1.29, 1.82) is 0 Å². The fourth-order valence-electron chi connectivity index (χ4n) is 4.05. The number of rotatable bonds is 6. The second-order valence-electron chi connectivity index (χ2n) is 7.93. The van der Waals surface area contributed by atoms with Crippen molar-refractivity contribution in [1.82, 2.24) is 14.8 Å². The van der Waals surface area contributed by atoms with E-state index in [2.05, 4.69) is 15.2 Å². The molecule has 0 bridgehead atoms. The molecule has 1 aliphatic heterocycles. The Morgan fingerprint density at radius 1 is 1.19 bits per heavy atom. The van der Waals surface area contributed by atoms with Crippen LogP contribution in [0.15, 0.2) is 0 Å². The number of carbonyl (C=O) groups is 2. The number of amides is 2. The van der Waals surface area contributed by atoms with Gasteiger partial charge in [-0.05, 0) is 33.1 Å². The van der Waals surface area contributed by atoms with E-state index >= 15 is 0 Å². The molecular weight excluding hydrogens is 360 g/mol. The average molecular weight is 393 g/mol. The number of thiazole rings is 1. The van der Waals surface area contributed by atoms with Gasteiger partial charge in [0.15, 0.2) is 5.13 Å². The predicted molar refractivity (Wildman–Crippen MR) is 109 cm³/mol. The maximum atomic E-state index is 12.5. The summed E-state index contributed by atoms with van der Waals surface area (Å²) < 4.78 is 0. The van der Waals surface area contributed by atoms with Gasteiger partial charge in [0.1, 0.15) is 0 Å². The zero-order valence-corrected chi connectivity index (χ0v) is 17.6. The fourth-order valence-corrected chi connectivity index (χ4v) is 4.86. The van der Waals surface area contributed by atoms with Crippen LogP contribution in [0, 0.1) is 19.8 Å². The zero-order chi connectivity index (χ0) is 19.4. The number of hydrogen-bond donors (Lipinski definition) is 1. The maximum absolute atomic E-state index is 12.5. The predicted octanol–water partition coefficient (Wildman–Crippen LogP) is 3.20.